The Morgan fingerprint density at radius 2 is 2.08 bits per heavy atom. The van der Waals surface area contributed by atoms with Gasteiger partial charge in [0.25, 0.3) is 0 Å². The van der Waals surface area contributed by atoms with Crippen molar-refractivity contribution in [2.75, 3.05) is 0 Å². The molecule has 0 N–H and O–H groups in total. The van der Waals surface area contributed by atoms with Crippen molar-refractivity contribution in [3.05, 3.63) is 41.5 Å². The molecule has 2 atom stereocenters. The molecule has 66 valence electrons. The van der Waals surface area contributed by atoms with Crippen LogP contribution in [0, 0.1) is 5.92 Å². The normalized spacial score (nSPS) is 34.6. The first-order valence-electron chi connectivity index (χ1n) is 5.00. The van der Waals surface area contributed by atoms with E-state index in [0.29, 0.717) is 5.41 Å². The molecular weight excluding hydrogens is 156 g/mol. The van der Waals surface area contributed by atoms with E-state index in [9.17, 15) is 0 Å². The highest BCUT2D eigenvalue weighted by Crippen LogP contribution is 2.59. The molecule has 3 rings (SSSR count). The van der Waals surface area contributed by atoms with Gasteiger partial charge in [0.2, 0.25) is 0 Å². The molecular formula is C13H14. The summed E-state index contributed by atoms with van der Waals surface area (Å²) in [5.74, 6) is 0.822. The molecule has 2 aliphatic carbocycles. The van der Waals surface area contributed by atoms with Crippen LogP contribution in [0.15, 0.2) is 30.3 Å². The van der Waals surface area contributed by atoms with Crippen LogP contribution in [0.25, 0.3) is 5.57 Å². The lowest BCUT2D eigenvalue weighted by atomic mass is 9.84. The van der Waals surface area contributed by atoms with Crippen molar-refractivity contribution in [1.29, 1.82) is 0 Å². The first kappa shape index (κ1) is 7.37. The van der Waals surface area contributed by atoms with Crippen molar-refractivity contribution in [2.24, 2.45) is 5.92 Å². The molecule has 0 nitrogen and oxygen atoms in total. The number of hydrogen-bond donors (Lipinski definition) is 0. The predicted molar refractivity (Wildman–Crippen MR) is 55.6 cm³/mol. The fourth-order valence-corrected chi connectivity index (χ4v) is 2.67. The van der Waals surface area contributed by atoms with E-state index in [1.54, 1.807) is 5.56 Å². The van der Waals surface area contributed by atoms with E-state index in [-0.39, 0.29) is 0 Å². The molecule has 1 saturated carbocycles. The largest absolute Gasteiger partial charge is 0.0770 e. The zero-order valence-electron chi connectivity index (χ0n) is 8.17. The molecule has 1 fully saturated rings. The molecule has 0 bridgehead atoms. The van der Waals surface area contributed by atoms with Gasteiger partial charge in [-0.1, -0.05) is 37.3 Å². The summed E-state index contributed by atoms with van der Waals surface area (Å²) in [5, 5.41) is 0. The molecule has 0 heteroatoms. The van der Waals surface area contributed by atoms with Crippen molar-refractivity contribution in [3.63, 3.8) is 0 Å². The summed E-state index contributed by atoms with van der Waals surface area (Å²) < 4.78 is 0. The van der Waals surface area contributed by atoms with E-state index in [4.69, 9.17) is 0 Å². The van der Waals surface area contributed by atoms with Crippen LogP contribution in [0.2, 0.25) is 0 Å². The minimum atomic E-state index is 0.482. The number of hydrogen-bond acceptors (Lipinski definition) is 0. The lowest BCUT2D eigenvalue weighted by Crippen LogP contribution is -2.10. The van der Waals surface area contributed by atoms with E-state index in [1.165, 1.54) is 17.6 Å². The van der Waals surface area contributed by atoms with Crippen LogP contribution >= 0.6 is 0 Å². The van der Waals surface area contributed by atoms with E-state index >= 15 is 0 Å². The molecule has 2 aliphatic rings. The van der Waals surface area contributed by atoms with Crippen LogP contribution in [0.1, 0.15) is 31.4 Å². The zero-order valence-corrected chi connectivity index (χ0v) is 8.17. The van der Waals surface area contributed by atoms with Gasteiger partial charge < -0.3 is 0 Å². The second kappa shape index (κ2) is 2.06. The minimum absolute atomic E-state index is 0.482. The Labute approximate surface area is 79.3 Å². The van der Waals surface area contributed by atoms with Crippen molar-refractivity contribution in [2.45, 2.75) is 25.7 Å². The molecule has 1 aromatic rings. The van der Waals surface area contributed by atoms with Gasteiger partial charge in [0.1, 0.15) is 0 Å². The first-order valence-corrected chi connectivity index (χ1v) is 5.00. The molecule has 0 saturated heterocycles. The maximum atomic E-state index is 2.45. The highest BCUT2D eigenvalue weighted by molar-refractivity contribution is 5.73. The summed E-state index contributed by atoms with van der Waals surface area (Å²) >= 11 is 0. The number of benzene rings is 1. The van der Waals surface area contributed by atoms with E-state index < -0.39 is 0 Å². The molecule has 13 heavy (non-hydrogen) atoms. The van der Waals surface area contributed by atoms with E-state index in [2.05, 4.69) is 44.2 Å². The molecule has 0 spiro atoms. The third-order valence-electron chi connectivity index (χ3n) is 3.72. The van der Waals surface area contributed by atoms with Gasteiger partial charge in [-0.05, 0) is 41.4 Å². The van der Waals surface area contributed by atoms with Crippen molar-refractivity contribution >= 4 is 5.57 Å². The Hall–Kier alpha value is -1.04. The van der Waals surface area contributed by atoms with Gasteiger partial charge in [0, 0.05) is 0 Å². The molecule has 0 aromatic heterocycles. The van der Waals surface area contributed by atoms with Crippen LogP contribution in [0.5, 0.6) is 0 Å². The quantitative estimate of drug-likeness (QED) is 0.560. The Bertz CT molecular complexity index is 400. The van der Waals surface area contributed by atoms with Crippen LogP contribution in [-0.2, 0) is 5.41 Å². The van der Waals surface area contributed by atoms with Crippen molar-refractivity contribution in [1.82, 2.24) is 0 Å². The van der Waals surface area contributed by atoms with Gasteiger partial charge in [-0.15, -0.1) is 0 Å². The first-order chi connectivity index (χ1) is 6.22. The van der Waals surface area contributed by atoms with Crippen LogP contribution in [0.4, 0.5) is 0 Å². The summed E-state index contributed by atoms with van der Waals surface area (Å²) in [7, 11) is 0. The average molecular weight is 170 g/mol. The average Bonchev–Trinajstić information content (AvgIpc) is 2.79. The van der Waals surface area contributed by atoms with Crippen molar-refractivity contribution < 1.29 is 0 Å². The van der Waals surface area contributed by atoms with Crippen LogP contribution in [0.3, 0.4) is 0 Å². The standard InChI is InChI=1S/C13H14/c1-9-7-10-8-13(10,2)12-6-4-3-5-11(9)12/h3-7,10H,8H2,1-2H3. The van der Waals surface area contributed by atoms with Gasteiger partial charge in [0.15, 0.2) is 0 Å². The maximum absolute atomic E-state index is 2.45. The summed E-state index contributed by atoms with van der Waals surface area (Å²) in [5.41, 5.74) is 4.99. The molecule has 2 unspecified atom stereocenters. The molecule has 0 amide bonds. The summed E-state index contributed by atoms with van der Waals surface area (Å²) in [4.78, 5) is 0. The fourth-order valence-electron chi connectivity index (χ4n) is 2.67. The molecule has 0 aliphatic heterocycles. The topological polar surface area (TPSA) is 0 Å². The molecule has 0 radical (unpaired) electrons. The van der Waals surface area contributed by atoms with Crippen LogP contribution < -0.4 is 0 Å². The van der Waals surface area contributed by atoms with Gasteiger partial charge in [0.05, 0.1) is 0 Å². The van der Waals surface area contributed by atoms with E-state index in [0.717, 1.165) is 5.92 Å². The highest BCUT2D eigenvalue weighted by atomic mass is 14.6. The summed E-state index contributed by atoms with van der Waals surface area (Å²) in [6, 6.07) is 8.85. The summed E-state index contributed by atoms with van der Waals surface area (Å²) in [6.07, 6.45) is 3.80. The lowest BCUT2D eigenvalue weighted by molar-refractivity contribution is 0.725. The Balaban J connectivity index is 2.29. The number of rotatable bonds is 0. The van der Waals surface area contributed by atoms with Gasteiger partial charge in [-0.3, -0.25) is 0 Å². The smallest absolute Gasteiger partial charge is 0.00000967 e. The SMILES string of the molecule is CC1=CC2CC2(C)c2ccccc21. The Morgan fingerprint density at radius 3 is 2.92 bits per heavy atom. The third kappa shape index (κ3) is 0.810. The molecule has 1 aromatic carbocycles. The van der Waals surface area contributed by atoms with Gasteiger partial charge in [-0.25, -0.2) is 0 Å². The van der Waals surface area contributed by atoms with Crippen LogP contribution in [-0.4, -0.2) is 0 Å². The lowest BCUT2D eigenvalue weighted by Gasteiger charge is -2.20. The zero-order chi connectivity index (χ0) is 9.05. The van der Waals surface area contributed by atoms with Crippen molar-refractivity contribution in [3.8, 4) is 0 Å². The molecule has 0 heterocycles. The number of fused-ring (bicyclic) bond motifs is 3. The maximum Gasteiger partial charge on any atom is -0.00000967 e. The van der Waals surface area contributed by atoms with Gasteiger partial charge in [-0.2, -0.15) is 0 Å². The Morgan fingerprint density at radius 1 is 1.31 bits per heavy atom. The number of allylic oxidation sites excluding steroid dienone is 2. The predicted octanol–water partition coefficient (Wildman–Crippen LogP) is 3.38. The van der Waals surface area contributed by atoms with E-state index in [1.807, 2.05) is 0 Å². The minimum Gasteiger partial charge on any atom is -0.0770 e. The fraction of sp³-hybridized carbons (Fsp3) is 0.385. The summed E-state index contributed by atoms with van der Waals surface area (Å²) in [6.45, 7) is 4.62. The second-order valence-corrected chi connectivity index (χ2v) is 4.62. The Kier molecular flexibility index (Phi) is 1.17. The second-order valence-electron chi connectivity index (χ2n) is 4.62. The highest BCUT2D eigenvalue weighted by Gasteiger charge is 2.52. The monoisotopic (exact) mass is 170 g/mol. The van der Waals surface area contributed by atoms with Gasteiger partial charge >= 0.3 is 0 Å². The third-order valence-corrected chi connectivity index (χ3v) is 3.72.